The zero-order chi connectivity index (χ0) is 12.4. The number of hydrogen-bond donors (Lipinski definition) is 1. The molecule has 0 spiro atoms. The van der Waals surface area contributed by atoms with Gasteiger partial charge in [0.15, 0.2) is 0 Å². The quantitative estimate of drug-likeness (QED) is 0.769. The fraction of sp³-hybridized carbons (Fsp3) is 0.929. The summed E-state index contributed by atoms with van der Waals surface area (Å²) in [7, 11) is 0. The van der Waals surface area contributed by atoms with E-state index in [1.807, 2.05) is 6.92 Å². The maximum absolute atomic E-state index is 12.0. The van der Waals surface area contributed by atoms with Crippen molar-refractivity contribution in [2.24, 2.45) is 11.8 Å². The van der Waals surface area contributed by atoms with Crippen molar-refractivity contribution in [2.45, 2.75) is 71.1 Å². The highest BCUT2D eigenvalue weighted by atomic mass is 16.5. The number of carbonyl (C=O) groups excluding carboxylic acids is 1. The van der Waals surface area contributed by atoms with Gasteiger partial charge >= 0.3 is 5.97 Å². The van der Waals surface area contributed by atoms with Gasteiger partial charge in [-0.3, -0.25) is 4.79 Å². The van der Waals surface area contributed by atoms with Crippen LogP contribution in [0.4, 0.5) is 0 Å². The summed E-state index contributed by atoms with van der Waals surface area (Å²) in [6, 6.07) is 0.514. The van der Waals surface area contributed by atoms with Gasteiger partial charge < -0.3 is 10.1 Å². The molecule has 0 radical (unpaired) electrons. The molecule has 0 aromatic heterocycles. The Morgan fingerprint density at radius 3 is 2.59 bits per heavy atom. The second-order valence-corrected chi connectivity index (χ2v) is 5.99. The Morgan fingerprint density at radius 1 is 1.24 bits per heavy atom. The van der Waals surface area contributed by atoms with Gasteiger partial charge in [0.1, 0.15) is 12.1 Å². The smallest absolute Gasteiger partial charge is 0.323 e. The maximum atomic E-state index is 12.0. The molecule has 0 aromatic carbocycles. The summed E-state index contributed by atoms with van der Waals surface area (Å²) >= 11 is 0. The van der Waals surface area contributed by atoms with E-state index in [1.165, 1.54) is 25.7 Å². The highest BCUT2D eigenvalue weighted by Gasteiger charge is 2.39. The average molecular weight is 239 g/mol. The number of nitrogens with one attached hydrogen (secondary N) is 1. The third kappa shape index (κ3) is 3.01. The van der Waals surface area contributed by atoms with Crippen LogP contribution in [-0.2, 0) is 9.53 Å². The maximum Gasteiger partial charge on any atom is 0.323 e. The van der Waals surface area contributed by atoms with Crippen molar-refractivity contribution in [3.8, 4) is 0 Å². The Bertz CT molecular complexity index is 263. The van der Waals surface area contributed by atoms with Crippen LogP contribution in [0.3, 0.4) is 0 Å². The van der Waals surface area contributed by atoms with Crippen molar-refractivity contribution in [2.75, 3.05) is 0 Å². The molecule has 98 valence electrons. The minimum Gasteiger partial charge on any atom is -0.461 e. The van der Waals surface area contributed by atoms with Crippen LogP contribution in [-0.4, -0.2) is 24.2 Å². The number of hydrogen-bond acceptors (Lipinski definition) is 3. The van der Waals surface area contributed by atoms with Gasteiger partial charge in [0.05, 0.1) is 0 Å². The standard InChI is InChI=1S/C14H25NO2/c1-9(2)10(3)17-14(16)13-8-11-6-4-5-7-12(11)15-13/h9-13,15H,4-8H2,1-3H3. The van der Waals surface area contributed by atoms with Crippen LogP contribution in [0.15, 0.2) is 0 Å². The number of rotatable bonds is 3. The van der Waals surface area contributed by atoms with E-state index in [4.69, 9.17) is 4.74 Å². The summed E-state index contributed by atoms with van der Waals surface area (Å²) in [5, 5.41) is 3.46. The first kappa shape index (κ1) is 12.9. The number of carbonyl (C=O) groups is 1. The Morgan fingerprint density at radius 2 is 1.94 bits per heavy atom. The van der Waals surface area contributed by atoms with Gasteiger partial charge in [-0.05, 0) is 38.0 Å². The van der Waals surface area contributed by atoms with Crippen LogP contribution in [0.5, 0.6) is 0 Å². The van der Waals surface area contributed by atoms with Crippen molar-refractivity contribution < 1.29 is 9.53 Å². The summed E-state index contributed by atoms with van der Waals surface area (Å²) in [6.45, 7) is 6.14. The molecule has 4 atom stereocenters. The molecule has 2 aliphatic rings. The monoisotopic (exact) mass is 239 g/mol. The summed E-state index contributed by atoms with van der Waals surface area (Å²) < 4.78 is 5.50. The predicted molar refractivity (Wildman–Crippen MR) is 67.7 cm³/mol. The first-order valence-electron chi connectivity index (χ1n) is 7.04. The van der Waals surface area contributed by atoms with Gasteiger partial charge in [-0.2, -0.15) is 0 Å². The molecule has 0 aromatic rings. The Labute approximate surface area is 104 Å². The van der Waals surface area contributed by atoms with E-state index in [2.05, 4.69) is 19.2 Å². The van der Waals surface area contributed by atoms with E-state index in [9.17, 15) is 4.79 Å². The highest BCUT2D eigenvalue weighted by Crippen LogP contribution is 2.33. The molecule has 4 unspecified atom stereocenters. The molecular weight excluding hydrogens is 214 g/mol. The van der Waals surface area contributed by atoms with Crippen LogP contribution < -0.4 is 5.32 Å². The van der Waals surface area contributed by atoms with E-state index in [1.54, 1.807) is 0 Å². The molecule has 1 aliphatic heterocycles. The number of fused-ring (bicyclic) bond motifs is 1. The van der Waals surface area contributed by atoms with E-state index >= 15 is 0 Å². The van der Waals surface area contributed by atoms with Crippen LogP contribution in [0, 0.1) is 11.8 Å². The van der Waals surface area contributed by atoms with Gasteiger partial charge in [0.2, 0.25) is 0 Å². The SMILES string of the molecule is CC(C)C(C)OC(=O)C1CC2CCCCC2N1. The molecule has 3 heteroatoms. The van der Waals surface area contributed by atoms with Crippen molar-refractivity contribution in [1.29, 1.82) is 0 Å². The lowest BCUT2D eigenvalue weighted by atomic mass is 9.85. The van der Waals surface area contributed by atoms with E-state index < -0.39 is 0 Å². The van der Waals surface area contributed by atoms with Crippen molar-refractivity contribution in [1.82, 2.24) is 5.32 Å². The predicted octanol–water partition coefficient (Wildman–Crippen LogP) is 2.49. The van der Waals surface area contributed by atoms with Gasteiger partial charge in [-0.25, -0.2) is 0 Å². The highest BCUT2D eigenvalue weighted by molar-refractivity contribution is 5.76. The summed E-state index contributed by atoms with van der Waals surface area (Å²) in [5.74, 6) is 1.05. The van der Waals surface area contributed by atoms with Crippen LogP contribution in [0.2, 0.25) is 0 Å². The van der Waals surface area contributed by atoms with Gasteiger partial charge in [-0.15, -0.1) is 0 Å². The molecule has 2 fully saturated rings. The van der Waals surface area contributed by atoms with Crippen molar-refractivity contribution >= 4 is 5.97 Å². The zero-order valence-corrected chi connectivity index (χ0v) is 11.2. The van der Waals surface area contributed by atoms with Gasteiger partial charge in [0, 0.05) is 6.04 Å². The zero-order valence-electron chi connectivity index (χ0n) is 11.2. The van der Waals surface area contributed by atoms with Crippen LogP contribution >= 0.6 is 0 Å². The molecule has 1 saturated heterocycles. The minimum absolute atomic E-state index is 0.0203. The number of esters is 1. The number of ether oxygens (including phenoxy) is 1. The Kier molecular flexibility index (Phi) is 4.08. The summed E-state index contributed by atoms with van der Waals surface area (Å²) in [6.07, 6.45) is 6.14. The minimum atomic E-state index is -0.0516. The fourth-order valence-corrected chi connectivity index (χ4v) is 2.90. The Hall–Kier alpha value is -0.570. The topological polar surface area (TPSA) is 38.3 Å². The lowest BCUT2D eigenvalue weighted by Gasteiger charge is -2.24. The van der Waals surface area contributed by atoms with Crippen molar-refractivity contribution in [3.05, 3.63) is 0 Å². The molecule has 1 saturated carbocycles. The van der Waals surface area contributed by atoms with Crippen LogP contribution in [0.1, 0.15) is 52.9 Å². The first-order chi connectivity index (χ1) is 8.08. The lowest BCUT2D eigenvalue weighted by molar-refractivity contribution is -0.152. The fourth-order valence-electron chi connectivity index (χ4n) is 2.90. The third-order valence-electron chi connectivity index (χ3n) is 4.39. The molecular formula is C14H25NO2. The van der Waals surface area contributed by atoms with Gasteiger partial charge in [0.25, 0.3) is 0 Å². The molecule has 3 nitrogen and oxygen atoms in total. The molecule has 0 bridgehead atoms. The summed E-state index contributed by atoms with van der Waals surface area (Å²) in [5.41, 5.74) is 0. The van der Waals surface area contributed by atoms with E-state index in [-0.39, 0.29) is 18.1 Å². The molecule has 0 amide bonds. The Balaban J connectivity index is 1.85. The third-order valence-corrected chi connectivity index (χ3v) is 4.39. The molecule has 2 rings (SSSR count). The molecule has 17 heavy (non-hydrogen) atoms. The van der Waals surface area contributed by atoms with Crippen LogP contribution in [0.25, 0.3) is 0 Å². The molecule has 1 heterocycles. The molecule has 1 N–H and O–H groups in total. The van der Waals surface area contributed by atoms with E-state index in [0.717, 1.165) is 6.42 Å². The second-order valence-electron chi connectivity index (χ2n) is 5.99. The first-order valence-corrected chi connectivity index (χ1v) is 7.04. The van der Waals surface area contributed by atoms with Crippen molar-refractivity contribution in [3.63, 3.8) is 0 Å². The second kappa shape index (κ2) is 5.38. The lowest BCUT2D eigenvalue weighted by Crippen LogP contribution is -2.39. The summed E-state index contributed by atoms with van der Waals surface area (Å²) in [4.78, 5) is 12.0. The van der Waals surface area contributed by atoms with E-state index in [0.29, 0.717) is 17.9 Å². The largest absolute Gasteiger partial charge is 0.461 e. The van der Waals surface area contributed by atoms with Gasteiger partial charge in [-0.1, -0.05) is 26.7 Å². The normalized spacial score (nSPS) is 34.5. The average Bonchev–Trinajstić information content (AvgIpc) is 2.72. The molecule has 1 aliphatic carbocycles.